The fourth-order valence-corrected chi connectivity index (χ4v) is 4.10. The first-order valence-electron chi connectivity index (χ1n) is 7.77. The topological polar surface area (TPSA) is 0 Å². The molecule has 3 rings (SSSR count). The van der Waals surface area contributed by atoms with Crippen molar-refractivity contribution in [3.8, 4) is 0 Å². The molecule has 0 spiro atoms. The van der Waals surface area contributed by atoms with Crippen molar-refractivity contribution >= 4 is 0 Å². The summed E-state index contributed by atoms with van der Waals surface area (Å²) in [7, 11) is 0. The van der Waals surface area contributed by atoms with Crippen LogP contribution >= 0.6 is 0 Å². The van der Waals surface area contributed by atoms with Crippen LogP contribution in [0, 0.1) is 11.8 Å². The lowest BCUT2D eigenvalue weighted by Gasteiger charge is -2.41. The van der Waals surface area contributed by atoms with Crippen LogP contribution in [-0.4, -0.2) is 0 Å². The molecule has 0 heteroatoms. The van der Waals surface area contributed by atoms with Gasteiger partial charge in [-0.15, -0.1) is 0 Å². The lowest BCUT2D eigenvalue weighted by molar-refractivity contribution is 0.217. The predicted molar refractivity (Wildman–Crippen MR) is 82.3 cm³/mol. The standard InChI is InChI=1S/C19H24/c1-2-3-4-8-15-10-7-12-19-17-11-6-5-9-16(17)13-14-18(15)19/h2-6,8-9,11,15,18-19H,7,10,12-14H2,1H3/b3-2+,8-4+/t15-,18-,19+/m1/s1. The predicted octanol–water partition coefficient (Wildman–Crippen LogP) is 5.27. The van der Waals surface area contributed by atoms with Gasteiger partial charge in [-0.2, -0.15) is 0 Å². The maximum absolute atomic E-state index is 2.46. The van der Waals surface area contributed by atoms with Gasteiger partial charge in [0.2, 0.25) is 0 Å². The van der Waals surface area contributed by atoms with E-state index in [1.165, 1.54) is 32.1 Å². The number of fused-ring (bicyclic) bond motifs is 3. The third kappa shape index (κ3) is 2.54. The minimum Gasteiger partial charge on any atom is -0.0877 e. The molecule has 0 N–H and O–H groups in total. The Bertz CT molecular complexity index is 481. The third-order valence-corrected chi connectivity index (χ3v) is 4.98. The van der Waals surface area contributed by atoms with Gasteiger partial charge < -0.3 is 0 Å². The van der Waals surface area contributed by atoms with Gasteiger partial charge in [0.25, 0.3) is 0 Å². The molecular formula is C19H24. The highest BCUT2D eigenvalue weighted by molar-refractivity contribution is 5.34. The van der Waals surface area contributed by atoms with Gasteiger partial charge in [-0.3, -0.25) is 0 Å². The number of aryl methyl sites for hydroxylation is 1. The molecule has 1 aromatic carbocycles. The van der Waals surface area contributed by atoms with Crippen molar-refractivity contribution in [3.63, 3.8) is 0 Å². The van der Waals surface area contributed by atoms with Gasteiger partial charge in [-0.1, -0.05) is 55.0 Å². The van der Waals surface area contributed by atoms with Gasteiger partial charge in [0.05, 0.1) is 0 Å². The minimum atomic E-state index is 0.795. The number of benzene rings is 1. The molecule has 0 radical (unpaired) electrons. The van der Waals surface area contributed by atoms with Crippen LogP contribution in [0.5, 0.6) is 0 Å². The van der Waals surface area contributed by atoms with Gasteiger partial charge in [0.15, 0.2) is 0 Å². The normalized spacial score (nSPS) is 30.5. The van der Waals surface area contributed by atoms with Crippen molar-refractivity contribution < 1.29 is 0 Å². The summed E-state index contributed by atoms with van der Waals surface area (Å²) in [4.78, 5) is 0. The summed E-state index contributed by atoms with van der Waals surface area (Å²) in [6.07, 6.45) is 15.8. The summed E-state index contributed by atoms with van der Waals surface area (Å²) in [6, 6.07) is 9.14. The van der Waals surface area contributed by atoms with E-state index in [0.717, 1.165) is 17.8 Å². The Morgan fingerprint density at radius 3 is 2.84 bits per heavy atom. The van der Waals surface area contributed by atoms with E-state index >= 15 is 0 Å². The van der Waals surface area contributed by atoms with E-state index in [1.807, 2.05) is 0 Å². The van der Waals surface area contributed by atoms with Crippen molar-refractivity contribution in [3.05, 3.63) is 59.7 Å². The average molecular weight is 252 g/mol. The molecule has 2 aliphatic rings. The molecular weight excluding hydrogens is 228 g/mol. The summed E-state index contributed by atoms with van der Waals surface area (Å²) >= 11 is 0. The molecule has 0 heterocycles. The number of allylic oxidation sites excluding steroid dienone is 4. The average Bonchev–Trinajstić information content (AvgIpc) is 2.47. The van der Waals surface area contributed by atoms with Crippen LogP contribution in [0.2, 0.25) is 0 Å². The van der Waals surface area contributed by atoms with Crippen LogP contribution in [-0.2, 0) is 6.42 Å². The Labute approximate surface area is 117 Å². The molecule has 1 saturated carbocycles. The molecule has 2 aliphatic carbocycles. The molecule has 0 nitrogen and oxygen atoms in total. The summed E-state index contributed by atoms with van der Waals surface area (Å²) in [6.45, 7) is 2.09. The van der Waals surface area contributed by atoms with E-state index in [1.54, 1.807) is 11.1 Å². The monoisotopic (exact) mass is 252 g/mol. The second-order valence-electron chi connectivity index (χ2n) is 6.01. The van der Waals surface area contributed by atoms with E-state index in [9.17, 15) is 0 Å². The van der Waals surface area contributed by atoms with Crippen LogP contribution in [0.25, 0.3) is 0 Å². The zero-order chi connectivity index (χ0) is 13.1. The fourth-order valence-electron chi connectivity index (χ4n) is 4.10. The van der Waals surface area contributed by atoms with Crippen LogP contribution < -0.4 is 0 Å². The maximum Gasteiger partial charge on any atom is -0.0125 e. The summed E-state index contributed by atoms with van der Waals surface area (Å²) in [5.41, 5.74) is 3.27. The third-order valence-electron chi connectivity index (χ3n) is 4.98. The van der Waals surface area contributed by atoms with E-state index < -0.39 is 0 Å². The molecule has 19 heavy (non-hydrogen) atoms. The van der Waals surface area contributed by atoms with Gasteiger partial charge in [0, 0.05) is 0 Å². The highest BCUT2D eigenvalue weighted by Crippen LogP contribution is 2.48. The number of rotatable bonds is 2. The van der Waals surface area contributed by atoms with Crippen molar-refractivity contribution in [1.82, 2.24) is 0 Å². The fraction of sp³-hybridized carbons (Fsp3) is 0.474. The lowest BCUT2D eigenvalue weighted by Crippen LogP contribution is -2.30. The van der Waals surface area contributed by atoms with Gasteiger partial charge in [0.1, 0.15) is 0 Å². The molecule has 0 saturated heterocycles. The quantitative estimate of drug-likeness (QED) is 0.629. The van der Waals surface area contributed by atoms with E-state index in [-0.39, 0.29) is 0 Å². The molecule has 1 aromatic rings. The molecule has 0 aromatic heterocycles. The largest absolute Gasteiger partial charge is 0.0877 e. The Kier molecular flexibility index (Phi) is 3.87. The van der Waals surface area contributed by atoms with Gasteiger partial charge in [-0.05, 0) is 61.5 Å². The zero-order valence-electron chi connectivity index (χ0n) is 11.9. The summed E-state index contributed by atoms with van der Waals surface area (Å²) in [5.74, 6) is 2.49. The number of hydrogen-bond acceptors (Lipinski definition) is 0. The molecule has 0 aliphatic heterocycles. The SMILES string of the molecule is C/C=C/C=C/[C@@H]1CCC[C@H]2c3ccccc3CC[C@H]12. The van der Waals surface area contributed by atoms with Crippen molar-refractivity contribution in [2.45, 2.75) is 44.9 Å². The first kappa shape index (κ1) is 12.7. The molecule has 100 valence electrons. The van der Waals surface area contributed by atoms with Crippen LogP contribution in [0.1, 0.15) is 49.7 Å². The van der Waals surface area contributed by atoms with Gasteiger partial charge >= 0.3 is 0 Å². The Hall–Kier alpha value is -1.30. The molecule has 0 amide bonds. The van der Waals surface area contributed by atoms with Crippen LogP contribution in [0.3, 0.4) is 0 Å². The molecule has 0 bridgehead atoms. The second-order valence-corrected chi connectivity index (χ2v) is 6.01. The van der Waals surface area contributed by atoms with Crippen LogP contribution in [0.15, 0.2) is 48.6 Å². The molecule has 3 atom stereocenters. The Morgan fingerprint density at radius 2 is 1.95 bits per heavy atom. The van der Waals surface area contributed by atoms with E-state index in [0.29, 0.717) is 0 Å². The first-order valence-corrected chi connectivity index (χ1v) is 7.77. The Balaban J connectivity index is 1.84. The van der Waals surface area contributed by atoms with Crippen molar-refractivity contribution in [2.24, 2.45) is 11.8 Å². The van der Waals surface area contributed by atoms with E-state index in [2.05, 4.69) is 55.5 Å². The lowest BCUT2D eigenvalue weighted by atomic mass is 9.63. The van der Waals surface area contributed by atoms with Crippen LogP contribution in [0.4, 0.5) is 0 Å². The van der Waals surface area contributed by atoms with E-state index in [4.69, 9.17) is 0 Å². The minimum absolute atomic E-state index is 0.795. The zero-order valence-corrected chi connectivity index (χ0v) is 11.9. The smallest absolute Gasteiger partial charge is 0.0125 e. The Morgan fingerprint density at radius 1 is 1.05 bits per heavy atom. The second kappa shape index (κ2) is 5.77. The first-order chi connectivity index (χ1) is 9.40. The molecule has 0 unspecified atom stereocenters. The van der Waals surface area contributed by atoms with Gasteiger partial charge in [-0.25, -0.2) is 0 Å². The highest BCUT2D eigenvalue weighted by Gasteiger charge is 2.36. The number of hydrogen-bond donors (Lipinski definition) is 0. The highest BCUT2D eigenvalue weighted by atomic mass is 14.4. The maximum atomic E-state index is 2.46. The van der Waals surface area contributed by atoms with Crippen molar-refractivity contribution in [2.75, 3.05) is 0 Å². The van der Waals surface area contributed by atoms with Crippen molar-refractivity contribution in [1.29, 1.82) is 0 Å². The summed E-state index contributed by atoms with van der Waals surface area (Å²) in [5, 5.41) is 0. The molecule has 1 fully saturated rings. The summed E-state index contributed by atoms with van der Waals surface area (Å²) < 4.78 is 0.